The van der Waals surface area contributed by atoms with Gasteiger partial charge in [-0.2, -0.15) is 0 Å². The van der Waals surface area contributed by atoms with Gasteiger partial charge in [0.15, 0.2) is 0 Å². The van der Waals surface area contributed by atoms with Crippen molar-refractivity contribution in [1.29, 1.82) is 0 Å². The molecule has 0 bridgehead atoms. The molecule has 186 valence electrons. The molecule has 1 fully saturated rings. The van der Waals surface area contributed by atoms with Crippen LogP contribution in [0.25, 0.3) is 10.9 Å². The number of carbonyl (C=O) groups excluding carboxylic acids is 1. The maximum atomic E-state index is 14.4. The third-order valence-electron chi connectivity index (χ3n) is 5.64. The SMILES string of the molecule is O=C(NCc1ccc(Cl)cc1)c1c[nH]c2c(S(=O)(=O)NCCN3CCOCC3)cc(F)cc2c1=O. The van der Waals surface area contributed by atoms with Crippen molar-refractivity contribution in [3.8, 4) is 0 Å². The molecule has 0 saturated carbocycles. The zero-order chi connectivity index (χ0) is 25.0. The first-order valence-electron chi connectivity index (χ1n) is 10.9. The lowest BCUT2D eigenvalue weighted by atomic mass is 10.1. The van der Waals surface area contributed by atoms with Crippen LogP contribution in [0, 0.1) is 5.82 Å². The molecule has 35 heavy (non-hydrogen) atoms. The van der Waals surface area contributed by atoms with Gasteiger partial charge < -0.3 is 15.0 Å². The molecule has 1 saturated heterocycles. The largest absolute Gasteiger partial charge is 0.379 e. The molecular formula is C23H24ClFN4O5S. The number of ether oxygens (including phenoxy) is 1. The highest BCUT2D eigenvalue weighted by molar-refractivity contribution is 7.89. The topological polar surface area (TPSA) is 121 Å². The van der Waals surface area contributed by atoms with Gasteiger partial charge in [0.2, 0.25) is 15.5 Å². The number of pyridine rings is 1. The Hall–Kier alpha value is -2.83. The first-order chi connectivity index (χ1) is 16.7. The van der Waals surface area contributed by atoms with Gasteiger partial charge in [-0.3, -0.25) is 14.5 Å². The van der Waals surface area contributed by atoms with E-state index in [1.807, 2.05) is 4.90 Å². The summed E-state index contributed by atoms with van der Waals surface area (Å²) in [4.78, 5) is 29.9. The highest BCUT2D eigenvalue weighted by Crippen LogP contribution is 2.21. The van der Waals surface area contributed by atoms with E-state index in [-0.39, 0.29) is 29.6 Å². The highest BCUT2D eigenvalue weighted by atomic mass is 35.5. The number of benzene rings is 2. The molecule has 0 atom stereocenters. The van der Waals surface area contributed by atoms with Crippen molar-refractivity contribution in [2.75, 3.05) is 39.4 Å². The highest BCUT2D eigenvalue weighted by Gasteiger charge is 2.23. The smallest absolute Gasteiger partial charge is 0.257 e. The van der Waals surface area contributed by atoms with Crippen LogP contribution in [0.2, 0.25) is 5.02 Å². The van der Waals surface area contributed by atoms with Crippen LogP contribution in [0.4, 0.5) is 4.39 Å². The van der Waals surface area contributed by atoms with Crippen molar-refractivity contribution in [3.63, 3.8) is 0 Å². The fraction of sp³-hybridized carbons (Fsp3) is 0.304. The molecule has 0 spiro atoms. The Morgan fingerprint density at radius 1 is 1.17 bits per heavy atom. The number of hydrogen-bond acceptors (Lipinski definition) is 6. The van der Waals surface area contributed by atoms with Gasteiger partial charge in [-0.1, -0.05) is 23.7 Å². The standard InChI is InChI=1S/C23H24ClFN4O5S/c24-16-3-1-15(2-4-16)13-27-23(31)19-14-26-21-18(22(19)30)11-17(25)12-20(21)35(32,33)28-5-6-29-7-9-34-10-8-29/h1-4,11-12,14,28H,5-10,13H2,(H,26,30)(H,27,31). The number of hydrogen-bond donors (Lipinski definition) is 3. The Labute approximate surface area is 206 Å². The number of halogens is 2. The minimum absolute atomic E-state index is 0.0791. The van der Waals surface area contributed by atoms with Crippen molar-refractivity contribution in [3.05, 3.63) is 74.8 Å². The van der Waals surface area contributed by atoms with Gasteiger partial charge in [0.05, 0.1) is 24.1 Å². The minimum Gasteiger partial charge on any atom is -0.379 e. The fourth-order valence-corrected chi connectivity index (χ4v) is 5.11. The van der Waals surface area contributed by atoms with Crippen molar-refractivity contribution >= 4 is 38.4 Å². The molecule has 0 unspecified atom stereocenters. The molecule has 0 radical (unpaired) electrons. The second-order valence-corrected chi connectivity index (χ2v) is 10.2. The Balaban J connectivity index is 1.54. The minimum atomic E-state index is -4.14. The number of nitrogens with zero attached hydrogens (tertiary/aromatic N) is 1. The molecule has 1 aliphatic rings. The maximum Gasteiger partial charge on any atom is 0.257 e. The number of fused-ring (bicyclic) bond motifs is 1. The van der Waals surface area contributed by atoms with E-state index in [1.54, 1.807) is 24.3 Å². The lowest BCUT2D eigenvalue weighted by molar-refractivity contribution is 0.0390. The van der Waals surface area contributed by atoms with E-state index in [0.29, 0.717) is 37.9 Å². The Kier molecular flexibility index (Phi) is 7.82. The number of nitrogens with one attached hydrogen (secondary N) is 3. The van der Waals surface area contributed by atoms with E-state index >= 15 is 0 Å². The van der Waals surface area contributed by atoms with Crippen LogP contribution in [-0.2, 0) is 21.3 Å². The number of carbonyl (C=O) groups is 1. The van der Waals surface area contributed by atoms with Gasteiger partial charge in [-0.15, -0.1) is 0 Å². The summed E-state index contributed by atoms with van der Waals surface area (Å²) in [6, 6.07) is 8.56. The number of morpholine rings is 1. The number of sulfonamides is 1. The van der Waals surface area contributed by atoms with Crippen molar-refractivity contribution in [1.82, 2.24) is 19.9 Å². The van der Waals surface area contributed by atoms with Gasteiger partial charge in [-0.25, -0.2) is 17.5 Å². The molecule has 4 rings (SSSR count). The van der Waals surface area contributed by atoms with Gasteiger partial charge >= 0.3 is 0 Å². The van der Waals surface area contributed by atoms with Crippen LogP contribution < -0.4 is 15.5 Å². The predicted octanol–water partition coefficient (Wildman–Crippen LogP) is 1.86. The molecule has 3 aromatic rings. The van der Waals surface area contributed by atoms with Crippen molar-refractivity contribution in [2.45, 2.75) is 11.4 Å². The lowest BCUT2D eigenvalue weighted by Crippen LogP contribution is -2.41. The third-order valence-corrected chi connectivity index (χ3v) is 7.38. The summed E-state index contributed by atoms with van der Waals surface area (Å²) in [7, 11) is -4.14. The van der Waals surface area contributed by atoms with Crippen LogP contribution in [0.5, 0.6) is 0 Å². The van der Waals surface area contributed by atoms with E-state index in [2.05, 4.69) is 15.0 Å². The second kappa shape index (κ2) is 10.8. The van der Waals surface area contributed by atoms with Crippen molar-refractivity contribution < 1.29 is 22.3 Å². The van der Waals surface area contributed by atoms with Crippen molar-refractivity contribution in [2.24, 2.45) is 0 Å². The zero-order valence-corrected chi connectivity index (χ0v) is 20.2. The number of H-pyrrole nitrogens is 1. The molecule has 1 aliphatic heterocycles. The molecule has 2 aromatic carbocycles. The van der Waals surface area contributed by atoms with Crippen LogP contribution >= 0.6 is 11.6 Å². The number of aromatic nitrogens is 1. The average Bonchev–Trinajstić information content (AvgIpc) is 2.84. The van der Waals surface area contributed by atoms with Crippen LogP contribution in [0.1, 0.15) is 15.9 Å². The molecule has 1 amide bonds. The Bertz CT molecular complexity index is 1390. The van der Waals surface area contributed by atoms with E-state index < -0.39 is 32.1 Å². The quantitative estimate of drug-likeness (QED) is 0.415. The zero-order valence-electron chi connectivity index (χ0n) is 18.6. The average molecular weight is 523 g/mol. The number of amides is 1. The van der Waals surface area contributed by atoms with Gasteiger partial charge in [-0.05, 0) is 29.8 Å². The molecular weight excluding hydrogens is 499 g/mol. The summed E-state index contributed by atoms with van der Waals surface area (Å²) in [6.45, 7) is 3.27. The van der Waals surface area contributed by atoms with E-state index in [9.17, 15) is 22.4 Å². The molecule has 1 aromatic heterocycles. The maximum absolute atomic E-state index is 14.4. The van der Waals surface area contributed by atoms with Crippen LogP contribution in [-0.4, -0.2) is 63.6 Å². The first kappa shape index (κ1) is 25.3. The number of rotatable bonds is 8. The monoisotopic (exact) mass is 522 g/mol. The Morgan fingerprint density at radius 2 is 1.89 bits per heavy atom. The normalized spacial score (nSPS) is 14.8. The van der Waals surface area contributed by atoms with E-state index in [0.717, 1.165) is 23.9 Å². The predicted molar refractivity (Wildman–Crippen MR) is 130 cm³/mol. The van der Waals surface area contributed by atoms with Gasteiger partial charge in [0, 0.05) is 43.9 Å². The van der Waals surface area contributed by atoms with E-state index in [1.165, 1.54) is 0 Å². The van der Waals surface area contributed by atoms with Gasteiger partial charge in [0.1, 0.15) is 16.3 Å². The van der Waals surface area contributed by atoms with Gasteiger partial charge in [0.25, 0.3) is 5.91 Å². The molecule has 0 aliphatic carbocycles. The second-order valence-electron chi connectivity index (χ2n) is 8.02. The molecule has 3 N–H and O–H groups in total. The summed E-state index contributed by atoms with van der Waals surface area (Å²) in [5.41, 5.74) is -0.357. The third kappa shape index (κ3) is 6.06. The first-order valence-corrected chi connectivity index (χ1v) is 12.8. The number of aromatic amines is 1. The summed E-state index contributed by atoms with van der Waals surface area (Å²) < 4.78 is 47.9. The summed E-state index contributed by atoms with van der Waals surface area (Å²) in [6.07, 6.45) is 1.13. The fourth-order valence-electron chi connectivity index (χ4n) is 3.77. The Morgan fingerprint density at radius 3 is 2.60 bits per heavy atom. The summed E-state index contributed by atoms with van der Waals surface area (Å²) >= 11 is 5.85. The lowest BCUT2D eigenvalue weighted by Gasteiger charge is -2.26. The molecule has 2 heterocycles. The summed E-state index contributed by atoms with van der Waals surface area (Å²) in [5.74, 6) is -1.59. The molecule has 9 nitrogen and oxygen atoms in total. The molecule has 12 heteroatoms. The van der Waals surface area contributed by atoms with E-state index in [4.69, 9.17) is 16.3 Å². The van der Waals surface area contributed by atoms with Crippen LogP contribution in [0.15, 0.2) is 52.3 Å². The van der Waals surface area contributed by atoms with Crippen LogP contribution in [0.3, 0.4) is 0 Å². The summed E-state index contributed by atoms with van der Waals surface area (Å²) in [5, 5.41) is 2.93.